The van der Waals surface area contributed by atoms with Gasteiger partial charge in [0.1, 0.15) is 7.85 Å². The second-order valence-electron chi connectivity index (χ2n) is 2.43. The summed E-state index contributed by atoms with van der Waals surface area (Å²) in [6, 6.07) is 0. The summed E-state index contributed by atoms with van der Waals surface area (Å²) in [6.07, 6.45) is 4.82. The van der Waals surface area contributed by atoms with E-state index in [1.807, 2.05) is 6.92 Å². The molecule has 0 amide bonds. The second-order valence-corrected chi connectivity index (χ2v) is 2.43. The van der Waals surface area contributed by atoms with Crippen molar-refractivity contribution >= 4 is 7.85 Å². The first kappa shape index (κ1) is 12.6. The normalized spacial score (nSPS) is 8.90. The van der Waals surface area contributed by atoms with E-state index >= 15 is 0 Å². The van der Waals surface area contributed by atoms with Gasteiger partial charge in [0.15, 0.2) is 0 Å². The zero-order valence-corrected chi connectivity index (χ0v) is 7.56. The quantitative estimate of drug-likeness (QED) is 0.447. The van der Waals surface area contributed by atoms with Crippen LogP contribution >= 0.6 is 0 Å². The molecule has 0 aromatic rings. The van der Waals surface area contributed by atoms with Crippen LogP contribution in [-0.2, 0) is 0 Å². The summed E-state index contributed by atoms with van der Waals surface area (Å²) < 4.78 is 0. The SMILES string of the molecule is BCCCC.CCC(N)N. The molecule has 3 heteroatoms. The van der Waals surface area contributed by atoms with Crippen LogP contribution in [0.5, 0.6) is 0 Å². The Bertz CT molecular complexity index is 46.9. The van der Waals surface area contributed by atoms with Gasteiger partial charge in [-0.2, -0.15) is 0 Å². The third kappa shape index (κ3) is 24.5. The smallest absolute Gasteiger partial charge is 0.101 e. The molecule has 10 heavy (non-hydrogen) atoms. The summed E-state index contributed by atoms with van der Waals surface area (Å²) in [5, 5.41) is 0. The largest absolute Gasteiger partial charge is 0.316 e. The van der Waals surface area contributed by atoms with Crippen LogP contribution in [0.1, 0.15) is 33.1 Å². The van der Waals surface area contributed by atoms with Crippen molar-refractivity contribution in [3.05, 3.63) is 0 Å². The minimum Gasteiger partial charge on any atom is -0.316 e. The Morgan fingerprint density at radius 1 is 1.30 bits per heavy atom. The predicted octanol–water partition coefficient (Wildman–Crippen LogP) is 0.478. The van der Waals surface area contributed by atoms with E-state index in [1.165, 1.54) is 19.2 Å². The zero-order chi connectivity index (χ0) is 8.41. The number of hydrogen-bond donors (Lipinski definition) is 2. The topological polar surface area (TPSA) is 52.0 Å². The average Bonchev–Trinajstić information content (AvgIpc) is 1.91. The zero-order valence-electron chi connectivity index (χ0n) is 7.56. The minimum atomic E-state index is -0.116. The van der Waals surface area contributed by atoms with Crippen molar-refractivity contribution in [2.45, 2.75) is 45.6 Å². The van der Waals surface area contributed by atoms with Gasteiger partial charge in [0.05, 0.1) is 6.17 Å². The highest BCUT2D eigenvalue weighted by Gasteiger charge is 1.79. The maximum atomic E-state index is 5.07. The van der Waals surface area contributed by atoms with E-state index in [2.05, 4.69) is 14.8 Å². The molecule has 0 aromatic carbocycles. The second kappa shape index (κ2) is 11.7. The van der Waals surface area contributed by atoms with Gasteiger partial charge < -0.3 is 11.5 Å². The fourth-order valence-corrected chi connectivity index (χ4v) is 0.354. The van der Waals surface area contributed by atoms with Gasteiger partial charge in [0, 0.05) is 0 Å². The Balaban J connectivity index is 0. The van der Waals surface area contributed by atoms with E-state index in [-0.39, 0.29) is 6.17 Å². The monoisotopic (exact) mass is 144 g/mol. The van der Waals surface area contributed by atoms with Crippen molar-refractivity contribution in [3.8, 4) is 0 Å². The molecule has 0 fully saturated rings. The first-order chi connectivity index (χ1) is 4.68. The summed E-state index contributed by atoms with van der Waals surface area (Å²) in [4.78, 5) is 0. The van der Waals surface area contributed by atoms with Crippen LogP contribution in [0.4, 0.5) is 0 Å². The van der Waals surface area contributed by atoms with Crippen molar-refractivity contribution in [1.82, 2.24) is 0 Å². The molecule has 0 bridgehead atoms. The van der Waals surface area contributed by atoms with Crippen LogP contribution in [0.15, 0.2) is 0 Å². The van der Waals surface area contributed by atoms with Crippen molar-refractivity contribution in [3.63, 3.8) is 0 Å². The maximum absolute atomic E-state index is 5.07. The average molecular weight is 144 g/mol. The molecule has 0 radical (unpaired) electrons. The number of unbranched alkanes of at least 4 members (excludes halogenated alkanes) is 1. The Hall–Kier alpha value is -0.0151. The third-order valence-electron chi connectivity index (χ3n) is 1.18. The van der Waals surface area contributed by atoms with E-state index in [4.69, 9.17) is 11.5 Å². The Kier molecular flexibility index (Phi) is 14.8. The van der Waals surface area contributed by atoms with Crippen molar-refractivity contribution in [2.75, 3.05) is 0 Å². The fraction of sp³-hybridized carbons (Fsp3) is 1.00. The molecule has 0 aromatic heterocycles. The lowest BCUT2D eigenvalue weighted by Crippen LogP contribution is -2.28. The van der Waals surface area contributed by atoms with Crippen LogP contribution in [-0.4, -0.2) is 14.0 Å². The van der Waals surface area contributed by atoms with E-state index in [9.17, 15) is 0 Å². The molecule has 4 N–H and O–H groups in total. The van der Waals surface area contributed by atoms with E-state index in [0.717, 1.165) is 6.42 Å². The molecule has 2 nitrogen and oxygen atoms in total. The molecular formula is C7H21BN2. The van der Waals surface area contributed by atoms with Crippen molar-refractivity contribution in [1.29, 1.82) is 0 Å². The Morgan fingerprint density at radius 3 is 1.70 bits per heavy atom. The van der Waals surface area contributed by atoms with Gasteiger partial charge in [0.25, 0.3) is 0 Å². The van der Waals surface area contributed by atoms with E-state index in [0.29, 0.717) is 0 Å². The molecule has 0 aliphatic heterocycles. The molecule has 0 atom stereocenters. The van der Waals surface area contributed by atoms with Gasteiger partial charge in [-0.1, -0.05) is 33.0 Å². The lowest BCUT2D eigenvalue weighted by atomic mass is 10.0. The maximum Gasteiger partial charge on any atom is 0.101 e. The van der Waals surface area contributed by atoms with E-state index in [1.54, 1.807) is 0 Å². The summed E-state index contributed by atoms with van der Waals surface area (Å²) >= 11 is 0. The molecule has 0 unspecified atom stereocenters. The van der Waals surface area contributed by atoms with Gasteiger partial charge >= 0.3 is 0 Å². The van der Waals surface area contributed by atoms with Gasteiger partial charge in [-0.3, -0.25) is 0 Å². The van der Waals surface area contributed by atoms with Gasteiger partial charge in [0.2, 0.25) is 0 Å². The summed E-state index contributed by atoms with van der Waals surface area (Å²) in [5.41, 5.74) is 10.1. The van der Waals surface area contributed by atoms with Crippen LogP contribution < -0.4 is 11.5 Å². The number of rotatable bonds is 3. The van der Waals surface area contributed by atoms with Gasteiger partial charge in [-0.15, -0.1) is 0 Å². The molecule has 0 aliphatic rings. The number of nitrogens with two attached hydrogens (primary N) is 2. The Morgan fingerprint density at radius 2 is 1.70 bits per heavy atom. The van der Waals surface area contributed by atoms with Gasteiger partial charge in [-0.05, 0) is 6.42 Å². The first-order valence-electron chi connectivity index (χ1n) is 4.20. The summed E-state index contributed by atoms with van der Waals surface area (Å²) in [5.74, 6) is 0. The molecule has 0 saturated carbocycles. The highest BCUT2D eigenvalue weighted by Crippen LogP contribution is 1.86. The molecule has 0 spiro atoms. The molecule has 62 valence electrons. The van der Waals surface area contributed by atoms with Crippen molar-refractivity contribution < 1.29 is 0 Å². The minimum absolute atomic E-state index is 0.116. The van der Waals surface area contributed by atoms with E-state index < -0.39 is 0 Å². The third-order valence-corrected chi connectivity index (χ3v) is 1.18. The molecule has 0 saturated heterocycles. The van der Waals surface area contributed by atoms with Crippen LogP contribution in [0.3, 0.4) is 0 Å². The van der Waals surface area contributed by atoms with Crippen LogP contribution in [0.2, 0.25) is 6.32 Å². The molecular weight excluding hydrogens is 123 g/mol. The highest BCUT2D eigenvalue weighted by molar-refractivity contribution is 6.08. The fourth-order valence-electron chi connectivity index (χ4n) is 0.354. The van der Waals surface area contributed by atoms with Crippen LogP contribution in [0.25, 0.3) is 0 Å². The number of hydrogen-bond acceptors (Lipinski definition) is 2. The molecule has 0 aliphatic carbocycles. The van der Waals surface area contributed by atoms with Crippen molar-refractivity contribution in [2.24, 2.45) is 11.5 Å². The lowest BCUT2D eigenvalue weighted by molar-refractivity contribution is 0.682. The standard InChI is InChI=1S/C4H11B.C3H10N2/c1-2-3-4-5;1-2-3(4)5/h2-5H2,1H3;3H,2,4-5H2,1H3. The highest BCUT2D eigenvalue weighted by atomic mass is 14.8. The Labute approximate surface area is 65.8 Å². The molecule has 0 rings (SSSR count). The summed E-state index contributed by atoms with van der Waals surface area (Å²) in [7, 11) is 2.21. The lowest BCUT2D eigenvalue weighted by Gasteiger charge is -1.92. The first-order valence-corrected chi connectivity index (χ1v) is 4.20. The van der Waals surface area contributed by atoms with Crippen LogP contribution in [0, 0.1) is 0 Å². The predicted molar refractivity (Wildman–Crippen MR) is 50.7 cm³/mol. The summed E-state index contributed by atoms with van der Waals surface area (Å²) in [6.45, 7) is 4.16. The molecule has 0 heterocycles. The van der Waals surface area contributed by atoms with Gasteiger partial charge in [-0.25, -0.2) is 0 Å².